The normalized spacial score (nSPS) is 17.2. The first-order valence-corrected chi connectivity index (χ1v) is 11.9. The van der Waals surface area contributed by atoms with Crippen LogP contribution in [0.3, 0.4) is 0 Å². The molecule has 2 aromatic rings. The molecule has 0 radical (unpaired) electrons. The van der Waals surface area contributed by atoms with Crippen molar-refractivity contribution in [2.24, 2.45) is 0 Å². The van der Waals surface area contributed by atoms with E-state index >= 15 is 0 Å². The van der Waals surface area contributed by atoms with Gasteiger partial charge < -0.3 is 15.0 Å². The number of thioether (sulfide) groups is 1. The number of fused-ring (bicyclic) bond motifs is 1. The molecule has 2 amide bonds. The Kier molecular flexibility index (Phi) is 6.40. The molecule has 0 aliphatic carbocycles. The lowest BCUT2D eigenvalue weighted by molar-refractivity contribution is -0.121. The van der Waals surface area contributed by atoms with Gasteiger partial charge >= 0.3 is 0 Å². The van der Waals surface area contributed by atoms with Crippen molar-refractivity contribution in [3.05, 3.63) is 63.6 Å². The largest absolute Gasteiger partial charge is 0.482 e. The molecule has 4 rings (SSSR count). The maximum Gasteiger partial charge on any atom is 0.265 e. The Morgan fingerprint density at radius 1 is 1.09 bits per heavy atom. The van der Waals surface area contributed by atoms with Crippen LogP contribution in [0, 0.1) is 0 Å². The van der Waals surface area contributed by atoms with Gasteiger partial charge in [-0.2, -0.15) is 0 Å². The van der Waals surface area contributed by atoms with Crippen LogP contribution in [-0.2, 0) is 16.1 Å². The molecule has 2 heterocycles. The lowest BCUT2D eigenvalue weighted by Crippen LogP contribution is -2.38. The maximum atomic E-state index is 12.9. The number of hydrogen-bond donors (Lipinski definition) is 1. The quantitative estimate of drug-likeness (QED) is 0.476. The molecule has 32 heavy (non-hydrogen) atoms. The van der Waals surface area contributed by atoms with Crippen molar-refractivity contribution in [1.82, 2.24) is 5.32 Å². The molecule has 2 aliphatic rings. The number of carbonyl (C=O) groups is 2. The van der Waals surface area contributed by atoms with Crippen molar-refractivity contribution < 1.29 is 14.3 Å². The second kappa shape index (κ2) is 9.08. The first kappa shape index (κ1) is 22.6. The van der Waals surface area contributed by atoms with Gasteiger partial charge in [0, 0.05) is 0 Å². The summed E-state index contributed by atoms with van der Waals surface area (Å²) in [5.74, 6) is 1.18. The number of benzene rings is 2. The van der Waals surface area contributed by atoms with Gasteiger partial charge in [-0.3, -0.25) is 9.59 Å². The third-order valence-corrected chi connectivity index (χ3v) is 6.74. The summed E-state index contributed by atoms with van der Waals surface area (Å²) in [4.78, 5) is 27.2. The van der Waals surface area contributed by atoms with Gasteiger partial charge in [-0.15, -0.1) is 0 Å². The summed E-state index contributed by atoms with van der Waals surface area (Å²) in [5.41, 5.74) is 5.16. The van der Waals surface area contributed by atoms with Gasteiger partial charge in [0.05, 0.1) is 17.1 Å². The van der Waals surface area contributed by atoms with Crippen LogP contribution in [-0.4, -0.2) is 22.7 Å². The molecule has 1 saturated heterocycles. The molecule has 1 N–H and O–H groups in total. The Hall–Kier alpha value is -2.64. The van der Waals surface area contributed by atoms with Gasteiger partial charge in [0.25, 0.3) is 11.8 Å². The highest BCUT2D eigenvalue weighted by Gasteiger charge is 2.27. The molecule has 0 bridgehead atoms. The lowest BCUT2D eigenvalue weighted by Gasteiger charge is -2.30. The van der Waals surface area contributed by atoms with Crippen LogP contribution in [0.2, 0.25) is 0 Å². The fourth-order valence-electron chi connectivity index (χ4n) is 3.74. The molecule has 5 nitrogen and oxygen atoms in total. The van der Waals surface area contributed by atoms with Crippen molar-refractivity contribution in [3.63, 3.8) is 0 Å². The Morgan fingerprint density at radius 3 is 2.38 bits per heavy atom. The first-order chi connectivity index (χ1) is 15.2. The van der Waals surface area contributed by atoms with E-state index in [9.17, 15) is 9.59 Å². The maximum absolute atomic E-state index is 12.9. The average molecular weight is 467 g/mol. The number of carbonyl (C=O) groups excluding carboxylic acids is 2. The zero-order chi connectivity index (χ0) is 23.0. The predicted octanol–water partition coefficient (Wildman–Crippen LogP) is 5.35. The molecule has 2 aromatic carbocycles. The average Bonchev–Trinajstić information content (AvgIpc) is 3.06. The molecule has 0 unspecified atom stereocenters. The third kappa shape index (κ3) is 4.74. The van der Waals surface area contributed by atoms with E-state index in [0.29, 0.717) is 39.0 Å². The van der Waals surface area contributed by atoms with Crippen LogP contribution in [0.15, 0.2) is 41.3 Å². The van der Waals surface area contributed by atoms with Crippen LogP contribution < -0.4 is 15.0 Å². The number of amides is 2. The number of thiocarbonyl (C=S) groups is 1. The third-order valence-electron chi connectivity index (χ3n) is 5.58. The Labute approximate surface area is 198 Å². The molecule has 0 saturated carbocycles. The van der Waals surface area contributed by atoms with Gasteiger partial charge in [-0.25, -0.2) is 0 Å². The Balaban J connectivity index is 1.70. The highest BCUT2D eigenvalue weighted by molar-refractivity contribution is 8.26. The lowest BCUT2D eigenvalue weighted by atomic mass is 9.93. The van der Waals surface area contributed by atoms with Crippen LogP contribution in [0.1, 0.15) is 61.8 Å². The van der Waals surface area contributed by atoms with E-state index in [1.807, 2.05) is 18.2 Å². The van der Waals surface area contributed by atoms with E-state index in [1.165, 1.54) is 22.9 Å². The molecular formula is C25H26N2O3S2. The van der Waals surface area contributed by atoms with E-state index in [2.05, 4.69) is 51.2 Å². The number of rotatable bonds is 5. The summed E-state index contributed by atoms with van der Waals surface area (Å²) >= 11 is 6.31. The van der Waals surface area contributed by atoms with Crippen molar-refractivity contribution in [2.45, 2.75) is 46.1 Å². The zero-order valence-corrected chi connectivity index (χ0v) is 20.2. The number of anilines is 1. The van der Waals surface area contributed by atoms with Crippen LogP contribution >= 0.6 is 24.0 Å². The van der Waals surface area contributed by atoms with Gasteiger partial charge in [0.1, 0.15) is 10.1 Å². The highest BCUT2D eigenvalue weighted by Crippen LogP contribution is 2.36. The number of ether oxygens (including phenoxy) is 1. The number of nitrogens with zero attached hydrogens (tertiary/aromatic N) is 1. The van der Waals surface area contributed by atoms with E-state index in [1.54, 1.807) is 11.0 Å². The SMILES string of the molecule is CC(C)c1cc(CN2C(=O)COc3ccc(C=C4SC(=S)NC4=O)cc32)cc(C(C)C)c1. The number of hydrogen-bond acceptors (Lipinski definition) is 5. The van der Waals surface area contributed by atoms with Gasteiger partial charge in [-0.1, -0.05) is 75.9 Å². The number of nitrogens with one attached hydrogen (secondary N) is 1. The first-order valence-electron chi connectivity index (χ1n) is 10.7. The molecule has 2 aliphatic heterocycles. The van der Waals surface area contributed by atoms with Crippen molar-refractivity contribution in [2.75, 3.05) is 11.5 Å². The summed E-state index contributed by atoms with van der Waals surface area (Å²) in [6.07, 6.45) is 1.78. The van der Waals surface area contributed by atoms with E-state index < -0.39 is 0 Å². The fourth-order valence-corrected chi connectivity index (χ4v) is 4.79. The second-order valence-corrected chi connectivity index (χ2v) is 10.4. The monoisotopic (exact) mass is 466 g/mol. The zero-order valence-electron chi connectivity index (χ0n) is 18.6. The summed E-state index contributed by atoms with van der Waals surface area (Å²) in [7, 11) is 0. The predicted molar refractivity (Wildman–Crippen MR) is 134 cm³/mol. The molecule has 166 valence electrons. The molecule has 0 spiro atoms. The molecular weight excluding hydrogens is 440 g/mol. The van der Waals surface area contributed by atoms with Gasteiger partial charge in [0.15, 0.2) is 6.61 Å². The molecule has 7 heteroatoms. The summed E-state index contributed by atoms with van der Waals surface area (Å²) in [5, 5.41) is 2.62. The minimum atomic E-state index is -0.200. The van der Waals surface area contributed by atoms with Crippen LogP contribution in [0.5, 0.6) is 5.75 Å². The van der Waals surface area contributed by atoms with Crippen molar-refractivity contribution in [3.8, 4) is 5.75 Å². The van der Waals surface area contributed by atoms with Gasteiger partial charge in [0.2, 0.25) is 0 Å². The van der Waals surface area contributed by atoms with E-state index in [-0.39, 0.29) is 18.4 Å². The summed E-state index contributed by atoms with van der Waals surface area (Å²) in [6, 6.07) is 12.3. The Morgan fingerprint density at radius 2 is 1.78 bits per heavy atom. The molecule has 1 fully saturated rings. The summed E-state index contributed by atoms with van der Waals surface area (Å²) in [6.45, 7) is 9.21. The minimum Gasteiger partial charge on any atom is -0.482 e. The highest BCUT2D eigenvalue weighted by atomic mass is 32.2. The Bertz CT molecular complexity index is 1110. The summed E-state index contributed by atoms with van der Waals surface area (Å²) < 4.78 is 6.12. The smallest absolute Gasteiger partial charge is 0.265 e. The van der Waals surface area contributed by atoms with E-state index in [4.69, 9.17) is 17.0 Å². The van der Waals surface area contributed by atoms with E-state index in [0.717, 1.165) is 11.1 Å². The standard InChI is InChI=1S/C25H26N2O3S2/c1-14(2)18-7-17(8-19(11-18)15(3)4)12-27-20-9-16(5-6-21(20)30-13-23(27)28)10-22-24(29)26-25(31)32-22/h5-11,14-15H,12-13H2,1-4H3,(H,26,29,31). The van der Waals surface area contributed by atoms with Crippen LogP contribution in [0.25, 0.3) is 6.08 Å². The molecule has 0 aromatic heterocycles. The van der Waals surface area contributed by atoms with Gasteiger partial charge in [-0.05, 0) is 52.3 Å². The minimum absolute atomic E-state index is 0.0148. The fraction of sp³-hybridized carbons (Fsp3) is 0.320. The molecule has 0 atom stereocenters. The van der Waals surface area contributed by atoms with Crippen LogP contribution in [0.4, 0.5) is 5.69 Å². The van der Waals surface area contributed by atoms with Crippen molar-refractivity contribution in [1.29, 1.82) is 0 Å². The second-order valence-electron chi connectivity index (χ2n) is 8.67. The van der Waals surface area contributed by atoms with Crippen molar-refractivity contribution >= 4 is 51.9 Å². The topological polar surface area (TPSA) is 58.6 Å².